The van der Waals surface area contributed by atoms with Crippen LogP contribution in [-0.4, -0.2) is 25.3 Å². The van der Waals surface area contributed by atoms with Crippen LogP contribution in [0, 0.1) is 0 Å². The Morgan fingerprint density at radius 2 is 2.55 bits per heavy atom. The van der Waals surface area contributed by atoms with Gasteiger partial charge in [-0.05, 0) is 19.8 Å². The summed E-state index contributed by atoms with van der Waals surface area (Å²) in [5, 5.41) is 3.40. The molecular weight excluding hydrogens is 138 g/mol. The van der Waals surface area contributed by atoms with Crippen molar-refractivity contribution in [2.45, 2.75) is 25.3 Å². The first-order chi connectivity index (χ1) is 5.27. The molecule has 0 aromatic heterocycles. The van der Waals surface area contributed by atoms with Crippen LogP contribution < -0.4 is 5.32 Å². The Morgan fingerprint density at radius 1 is 1.73 bits per heavy atom. The van der Waals surface area contributed by atoms with Gasteiger partial charge in [-0.2, -0.15) is 0 Å². The van der Waals surface area contributed by atoms with Gasteiger partial charge in [-0.25, -0.2) is 0 Å². The zero-order valence-electron chi connectivity index (χ0n) is 7.23. The van der Waals surface area contributed by atoms with Gasteiger partial charge in [-0.3, -0.25) is 0 Å². The minimum Gasteiger partial charge on any atom is -0.380 e. The third-order valence-corrected chi connectivity index (χ3v) is 2.11. The number of rotatable bonds is 3. The van der Waals surface area contributed by atoms with Gasteiger partial charge < -0.3 is 10.1 Å². The zero-order valence-corrected chi connectivity index (χ0v) is 7.23. The van der Waals surface area contributed by atoms with Crippen LogP contribution in [-0.2, 0) is 4.74 Å². The van der Waals surface area contributed by atoms with Gasteiger partial charge in [0.1, 0.15) is 0 Å². The summed E-state index contributed by atoms with van der Waals surface area (Å²) in [5.41, 5.74) is 0.187. The van der Waals surface area contributed by atoms with E-state index in [1.54, 1.807) is 0 Å². The Morgan fingerprint density at radius 3 is 3.09 bits per heavy atom. The molecule has 64 valence electrons. The van der Waals surface area contributed by atoms with Crippen molar-refractivity contribution in [3.05, 3.63) is 12.7 Å². The monoisotopic (exact) mass is 155 g/mol. The molecule has 0 aliphatic carbocycles. The van der Waals surface area contributed by atoms with Crippen LogP contribution in [0.1, 0.15) is 19.8 Å². The fourth-order valence-corrected chi connectivity index (χ4v) is 1.39. The second-order valence-corrected chi connectivity index (χ2v) is 3.39. The summed E-state index contributed by atoms with van der Waals surface area (Å²) in [4.78, 5) is 0. The molecule has 0 aromatic rings. The number of nitrogens with one attached hydrogen (secondary N) is 1. The highest BCUT2D eigenvalue weighted by molar-refractivity contribution is 4.87. The van der Waals surface area contributed by atoms with E-state index in [-0.39, 0.29) is 5.54 Å². The van der Waals surface area contributed by atoms with Crippen LogP contribution in [0.3, 0.4) is 0 Å². The molecule has 1 fully saturated rings. The lowest BCUT2D eigenvalue weighted by atomic mass is 9.95. The molecule has 1 aliphatic heterocycles. The van der Waals surface area contributed by atoms with Gasteiger partial charge in [0.05, 0.1) is 6.61 Å². The molecule has 1 heterocycles. The molecule has 0 aromatic carbocycles. The largest absolute Gasteiger partial charge is 0.380 e. The minimum absolute atomic E-state index is 0.187. The van der Waals surface area contributed by atoms with E-state index < -0.39 is 0 Å². The van der Waals surface area contributed by atoms with E-state index in [9.17, 15) is 0 Å². The Hall–Kier alpha value is -0.340. The first-order valence-corrected chi connectivity index (χ1v) is 4.20. The molecule has 1 N–H and O–H groups in total. The maximum atomic E-state index is 5.39. The van der Waals surface area contributed by atoms with Crippen molar-refractivity contribution in [3.63, 3.8) is 0 Å². The molecule has 1 rings (SSSR count). The van der Waals surface area contributed by atoms with Crippen molar-refractivity contribution in [2.24, 2.45) is 0 Å². The Kier molecular flexibility index (Phi) is 3.09. The molecule has 2 heteroatoms. The van der Waals surface area contributed by atoms with Crippen molar-refractivity contribution in [2.75, 3.05) is 19.8 Å². The molecule has 2 nitrogen and oxygen atoms in total. The summed E-state index contributed by atoms with van der Waals surface area (Å²) in [6.07, 6.45) is 4.27. The third-order valence-electron chi connectivity index (χ3n) is 2.11. The van der Waals surface area contributed by atoms with Crippen molar-refractivity contribution in [3.8, 4) is 0 Å². The molecule has 1 atom stereocenters. The van der Waals surface area contributed by atoms with Crippen molar-refractivity contribution < 1.29 is 4.74 Å². The lowest BCUT2D eigenvalue weighted by molar-refractivity contribution is 0.0302. The molecule has 0 amide bonds. The van der Waals surface area contributed by atoms with Crippen LogP contribution in [0.2, 0.25) is 0 Å². The molecule has 0 bridgehead atoms. The highest BCUT2D eigenvalue weighted by atomic mass is 16.5. The van der Waals surface area contributed by atoms with E-state index in [0.29, 0.717) is 0 Å². The molecule has 1 saturated heterocycles. The van der Waals surface area contributed by atoms with Crippen LogP contribution >= 0.6 is 0 Å². The normalized spacial score (nSPS) is 31.7. The standard InChI is InChI=1S/C9H17NO/c1-3-6-10-9(2)5-4-7-11-8-9/h3,10H,1,4-8H2,2H3. The van der Waals surface area contributed by atoms with Gasteiger partial charge in [-0.1, -0.05) is 6.08 Å². The molecule has 11 heavy (non-hydrogen) atoms. The minimum atomic E-state index is 0.187. The maximum Gasteiger partial charge on any atom is 0.0645 e. The maximum absolute atomic E-state index is 5.39. The second kappa shape index (κ2) is 3.88. The molecule has 0 saturated carbocycles. The summed E-state index contributed by atoms with van der Waals surface area (Å²) < 4.78 is 5.39. The van der Waals surface area contributed by atoms with E-state index in [4.69, 9.17) is 4.74 Å². The van der Waals surface area contributed by atoms with Gasteiger partial charge in [0.2, 0.25) is 0 Å². The van der Waals surface area contributed by atoms with E-state index in [1.165, 1.54) is 12.8 Å². The van der Waals surface area contributed by atoms with Crippen LogP contribution in [0.15, 0.2) is 12.7 Å². The van der Waals surface area contributed by atoms with E-state index in [2.05, 4.69) is 18.8 Å². The molecule has 1 unspecified atom stereocenters. The third kappa shape index (κ3) is 2.64. The summed E-state index contributed by atoms with van der Waals surface area (Å²) in [5.74, 6) is 0. The van der Waals surface area contributed by atoms with Gasteiger partial charge in [-0.15, -0.1) is 6.58 Å². The highest BCUT2D eigenvalue weighted by Gasteiger charge is 2.25. The molecular formula is C9H17NO. The average molecular weight is 155 g/mol. The summed E-state index contributed by atoms with van der Waals surface area (Å²) in [6, 6.07) is 0. The lowest BCUT2D eigenvalue weighted by Gasteiger charge is -2.34. The Balaban J connectivity index is 2.30. The van der Waals surface area contributed by atoms with Gasteiger partial charge in [0.15, 0.2) is 0 Å². The second-order valence-electron chi connectivity index (χ2n) is 3.39. The molecule has 1 aliphatic rings. The number of hydrogen-bond donors (Lipinski definition) is 1. The molecule has 0 radical (unpaired) electrons. The number of ether oxygens (including phenoxy) is 1. The topological polar surface area (TPSA) is 21.3 Å². The lowest BCUT2D eigenvalue weighted by Crippen LogP contribution is -2.48. The van der Waals surface area contributed by atoms with Crippen LogP contribution in [0.5, 0.6) is 0 Å². The SMILES string of the molecule is C=CCNC1(C)CCCOC1. The van der Waals surface area contributed by atoms with Crippen molar-refractivity contribution in [1.82, 2.24) is 5.32 Å². The van der Waals surface area contributed by atoms with Crippen molar-refractivity contribution in [1.29, 1.82) is 0 Å². The average Bonchev–Trinajstić information content (AvgIpc) is 2.03. The quantitative estimate of drug-likeness (QED) is 0.621. The van der Waals surface area contributed by atoms with E-state index in [0.717, 1.165) is 19.8 Å². The number of hydrogen-bond acceptors (Lipinski definition) is 2. The Labute approximate surface area is 68.6 Å². The highest BCUT2D eigenvalue weighted by Crippen LogP contribution is 2.17. The zero-order chi connectivity index (χ0) is 8.16. The van der Waals surface area contributed by atoms with Crippen LogP contribution in [0.4, 0.5) is 0 Å². The predicted octanol–water partition coefficient (Wildman–Crippen LogP) is 1.33. The predicted molar refractivity (Wildman–Crippen MR) is 46.7 cm³/mol. The van der Waals surface area contributed by atoms with E-state index in [1.807, 2.05) is 6.08 Å². The van der Waals surface area contributed by atoms with Crippen molar-refractivity contribution >= 4 is 0 Å². The van der Waals surface area contributed by atoms with Gasteiger partial charge >= 0.3 is 0 Å². The fraction of sp³-hybridized carbons (Fsp3) is 0.778. The first kappa shape index (κ1) is 8.75. The van der Waals surface area contributed by atoms with E-state index >= 15 is 0 Å². The van der Waals surface area contributed by atoms with Gasteiger partial charge in [0.25, 0.3) is 0 Å². The summed E-state index contributed by atoms with van der Waals surface area (Å²) >= 11 is 0. The van der Waals surface area contributed by atoms with Crippen LogP contribution in [0.25, 0.3) is 0 Å². The molecule has 0 spiro atoms. The Bertz CT molecular complexity index is 128. The summed E-state index contributed by atoms with van der Waals surface area (Å²) in [7, 11) is 0. The van der Waals surface area contributed by atoms with Gasteiger partial charge in [0, 0.05) is 18.7 Å². The fourth-order valence-electron chi connectivity index (χ4n) is 1.39. The first-order valence-electron chi connectivity index (χ1n) is 4.20. The summed E-state index contributed by atoms with van der Waals surface area (Å²) in [6.45, 7) is 8.51. The smallest absolute Gasteiger partial charge is 0.0645 e.